The molecule has 5 nitrogen and oxygen atoms in total. The quantitative estimate of drug-likeness (QED) is 0.649. The molecule has 26 heavy (non-hydrogen) atoms. The van der Waals surface area contributed by atoms with Crippen LogP contribution in [0.25, 0.3) is 10.6 Å². The molecule has 0 spiro atoms. The Morgan fingerprint density at radius 1 is 1.23 bits per heavy atom. The van der Waals surface area contributed by atoms with Gasteiger partial charge in [0.1, 0.15) is 23.5 Å². The number of amides is 1. The van der Waals surface area contributed by atoms with Gasteiger partial charge in [0.15, 0.2) is 0 Å². The van der Waals surface area contributed by atoms with Crippen LogP contribution in [0, 0.1) is 5.82 Å². The minimum atomic E-state index is -0.764. The van der Waals surface area contributed by atoms with Gasteiger partial charge in [-0.3, -0.25) is 4.79 Å². The van der Waals surface area contributed by atoms with Crippen molar-refractivity contribution in [1.29, 1.82) is 0 Å². The van der Waals surface area contributed by atoms with Gasteiger partial charge in [-0.15, -0.1) is 22.7 Å². The second-order valence-corrected chi connectivity index (χ2v) is 7.24. The van der Waals surface area contributed by atoms with Gasteiger partial charge in [0, 0.05) is 10.9 Å². The third-order valence-electron chi connectivity index (χ3n) is 3.45. The average Bonchev–Trinajstić information content (AvgIpc) is 3.32. The monoisotopic (exact) mass is 390 g/mol. The van der Waals surface area contributed by atoms with Crippen molar-refractivity contribution in [3.8, 4) is 10.6 Å². The molecule has 3 rings (SSSR count). The maximum Gasteiger partial charge on any atom is 0.328 e. The van der Waals surface area contributed by atoms with E-state index in [0.717, 1.165) is 10.6 Å². The maximum atomic E-state index is 13.0. The number of nitrogens with one attached hydrogen (secondary N) is 1. The van der Waals surface area contributed by atoms with Crippen molar-refractivity contribution in [1.82, 2.24) is 10.3 Å². The van der Waals surface area contributed by atoms with Crippen LogP contribution < -0.4 is 5.32 Å². The van der Waals surface area contributed by atoms with Crippen LogP contribution in [-0.2, 0) is 16.1 Å². The van der Waals surface area contributed by atoms with Gasteiger partial charge in [-0.25, -0.2) is 14.2 Å². The molecule has 1 N–H and O–H groups in total. The Morgan fingerprint density at radius 3 is 2.69 bits per heavy atom. The molecule has 1 amide bonds. The lowest BCUT2D eigenvalue weighted by molar-refractivity contribution is -0.146. The Balaban J connectivity index is 1.53. The third-order valence-corrected chi connectivity index (χ3v) is 5.26. The molecule has 1 aromatic carbocycles. The molecule has 134 valence electrons. The number of esters is 1. The van der Waals surface area contributed by atoms with Gasteiger partial charge in [0.25, 0.3) is 5.91 Å². The first kappa shape index (κ1) is 18.2. The molecule has 2 heterocycles. The lowest BCUT2D eigenvalue weighted by Gasteiger charge is -2.12. The number of hydrogen-bond acceptors (Lipinski definition) is 6. The standard InChI is InChI=1S/C18H15FN2O3S2/c1-11(20-16(22)15-3-2-8-25-15)18(23)24-9-14-10-26-17(21-14)12-4-6-13(19)7-5-12/h2-8,10-11H,9H2,1H3,(H,20,22). The van der Waals surface area contributed by atoms with Crippen LogP contribution >= 0.6 is 22.7 Å². The first-order valence-corrected chi connectivity index (χ1v) is 9.50. The largest absolute Gasteiger partial charge is 0.458 e. The van der Waals surface area contributed by atoms with Crippen LogP contribution in [0.15, 0.2) is 47.2 Å². The van der Waals surface area contributed by atoms with Gasteiger partial charge in [-0.2, -0.15) is 0 Å². The SMILES string of the molecule is CC(NC(=O)c1cccs1)C(=O)OCc1csc(-c2ccc(F)cc2)n1. The smallest absolute Gasteiger partial charge is 0.328 e. The second-order valence-electron chi connectivity index (χ2n) is 5.43. The summed E-state index contributed by atoms with van der Waals surface area (Å²) in [4.78, 5) is 28.9. The minimum absolute atomic E-state index is 0.00966. The minimum Gasteiger partial charge on any atom is -0.458 e. The zero-order valence-electron chi connectivity index (χ0n) is 13.8. The van der Waals surface area contributed by atoms with E-state index in [1.54, 1.807) is 41.9 Å². The number of nitrogens with zero attached hydrogens (tertiary/aromatic N) is 1. The van der Waals surface area contributed by atoms with E-state index in [9.17, 15) is 14.0 Å². The molecule has 0 fully saturated rings. The van der Waals surface area contributed by atoms with Crippen LogP contribution in [0.2, 0.25) is 0 Å². The molecule has 1 unspecified atom stereocenters. The molecule has 0 aliphatic rings. The van der Waals surface area contributed by atoms with Gasteiger partial charge in [0.05, 0.1) is 10.6 Å². The van der Waals surface area contributed by atoms with Crippen LogP contribution in [0.5, 0.6) is 0 Å². The van der Waals surface area contributed by atoms with Crippen molar-refractivity contribution in [3.63, 3.8) is 0 Å². The van der Waals surface area contributed by atoms with Crippen molar-refractivity contribution >= 4 is 34.6 Å². The summed E-state index contributed by atoms with van der Waals surface area (Å²) in [6.07, 6.45) is 0. The number of carbonyl (C=O) groups excluding carboxylic acids is 2. The summed E-state index contributed by atoms with van der Waals surface area (Å²) >= 11 is 2.68. The first-order valence-electron chi connectivity index (χ1n) is 7.74. The fourth-order valence-corrected chi connectivity index (χ4v) is 3.54. The Labute approximate surface area is 157 Å². The predicted molar refractivity (Wildman–Crippen MR) is 98.6 cm³/mol. The number of thiophene rings is 1. The highest BCUT2D eigenvalue weighted by Gasteiger charge is 2.19. The fraction of sp³-hybridized carbons (Fsp3) is 0.167. The van der Waals surface area contributed by atoms with Crippen LogP contribution in [0.3, 0.4) is 0 Å². The molecule has 0 aliphatic heterocycles. The van der Waals surface area contributed by atoms with E-state index >= 15 is 0 Å². The molecule has 8 heteroatoms. The van der Waals surface area contributed by atoms with E-state index < -0.39 is 12.0 Å². The number of halogens is 1. The zero-order chi connectivity index (χ0) is 18.5. The first-order chi connectivity index (χ1) is 12.5. The molecule has 2 aromatic heterocycles. The van der Waals surface area contributed by atoms with E-state index in [1.807, 2.05) is 0 Å². The van der Waals surface area contributed by atoms with Crippen molar-refractivity contribution in [3.05, 3.63) is 63.5 Å². The number of thiazole rings is 1. The van der Waals surface area contributed by atoms with Gasteiger partial charge in [0.2, 0.25) is 0 Å². The number of aromatic nitrogens is 1. The molecular formula is C18H15FN2O3S2. The third kappa shape index (κ3) is 4.53. The summed E-state index contributed by atoms with van der Waals surface area (Å²) in [6.45, 7) is 1.58. The highest BCUT2D eigenvalue weighted by molar-refractivity contribution is 7.13. The average molecular weight is 390 g/mol. The van der Waals surface area contributed by atoms with Crippen molar-refractivity contribution in [2.75, 3.05) is 0 Å². The maximum absolute atomic E-state index is 13.0. The van der Waals surface area contributed by atoms with Crippen molar-refractivity contribution in [2.24, 2.45) is 0 Å². The Morgan fingerprint density at radius 2 is 2.00 bits per heavy atom. The van der Waals surface area contributed by atoms with E-state index in [-0.39, 0.29) is 18.3 Å². The number of benzene rings is 1. The summed E-state index contributed by atoms with van der Waals surface area (Å²) in [6, 6.07) is 8.72. The fourth-order valence-electron chi connectivity index (χ4n) is 2.10. The van der Waals surface area contributed by atoms with Crippen LogP contribution in [0.1, 0.15) is 22.3 Å². The molecule has 0 saturated carbocycles. The summed E-state index contributed by atoms with van der Waals surface area (Å²) in [5.41, 5.74) is 1.39. The Hall–Kier alpha value is -2.58. The molecular weight excluding hydrogens is 375 g/mol. The molecule has 0 bridgehead atoms. The summed E-state index contributed by atoms with van der Waals surface area (Å²) < 4.78 is 18.2. The van der Waals surface area contributed by atoms with E-state index in [0.29, 0.717) is 10.6 Å². The van der Waals surface area contributed by atoms with Gasteiger partial charge in [-0.05, 0) is 42.6 Å². The summed E-state index contributed by atoms with van der Waals surface area (Å²) in [7, 11) is 0. The van der Waals surface area contributed by atoms with Gasteiger partial charge >= 0.3 is 5.97 Å². The zero-order valence-corrected chi connectivity index (χ0v) is 15.4. The lowest BCUT2D eigenvalue weighted by Crippen LogP contribution is -2.39. The highest BCUT2D eigenvalue weighted by atomic mass is 32.1. The molecule has 1 atom stereocenters. The molecule has 0 saturated heterocycles. The van der Waals surface area contributed by atoms with E-state index in [4.69, 9.17) is 4.74 Å². The normalized spacial score (nSPS) is 11.8. The molecule has 0 aliphatic carbocycles. The van der Waals surface area contributed by atoms with E-state index in [1.165, 1.54) is 34.8 Å². The summed E-state index contributed by atoms with van der Waals surface area (Å²) in [5.74, 6) is -1.15. The number of rotatable bonds is 6. The number of carbonyl (C=O) groups is 2. The number of ether oxygens (including phenoxy) is 1. The van der Waals surface area contributed by atoms with Crippen molar-refractivity contribution in [2.45, 2.75) is 19.6 Å². The topological polar surface area (TPSA) is 68.3 Å². The van der Waals surface area contributed by atoms with E-state index in [2.05, 4.69) is 10.3 Å². The van der Waals surface area contributed by atoms with Crippen LogP contribution in [0.4, 0.5) is 4.39 Å². The van der Waals surface area contributed by atoms with Gasteiger partial charge < -0.3 is 10.1 Å². The predicted octanol–water partition coefficient (Wildman–Crippen LogP) is 3.87. The number of hydrogen-bond donors (Lipinski definition) is 1. The molecule has 3 aromatic rings. The van der Waals surface area contributed by atoms with Crippen molar-refractivity contribution < 1.29 is 18.7 Å². The highest BCUT2D eigenvalue weighted by Crippen LogP contribution is 2.24. The second kappa shape index (κ2) is 8.20. The van der Waals surface area contributed by atoms with Crippen LogP contribution in [-0.4, -0.2) is 22.9 Å². The summed E-state index contributed by atoms with van der Waals surface area (Å²) in [5, 5.41) is 6.89. The Bertz CT molecular complexity index is 892. The Kier molecular flexibility index (Phi) is 5.75. The lowest BCUT2D eigenvalue weighted by atomic mass is 10.2. The molecule has 0 radical (unpaired) electrons. The van der Waals surface area contributed by atoms with Gasteiger partial charge in [-0.1, -0.05) is 6.07 Å².